The topological polar surface area (TPSA) is 66.2 Å². The van der Waals surface area contributed by atoms with Crippen LogP contribution in [0.15, 0.2) is 27.5 Å². The lowest BCUT2D eigenvalue weighted by Gasteiger charge is -2.06. The number of azo groups is 1. The highest BCUT2D eigenvalue weighted by Crippen LogP contribution is 2.00. The summed E-state index contributed by atoms with van der Waals surface area (Å²) in [6.07, 6.45) is 0.913. The summed E-state index contributed by atoms with van der Waals surface area (Å²) < 4.78 is 0. The van der Waals surface area contributed by atoms with E-state index in [2.05, 4.69) is 27.1 Å². The fourth-order valence-corrected chi connectivity index (χ4v) is 0.641. The van der Waals surface area contributed by atoms with Crippen LogP contribution in [0.4, 0.5) is 0 Å². The van der Waals surface area contributed by atoms with Crippen LogP contribution < -0.4 is 5.32 Å². The van der Waals surface area contributed by atoms with E-state index in [9.17, 15) is 4.79 Å². The standard InChI is InChI=1S/C7H10N4O/c1-3-4-8-7-9-6(12)5(2)10-11-7/h2-4H2,1H3,(H,8,9,12). The molecule has 1 amide bonds. The first-order valence-corrected chi connectivity index (χ1v) is 3.70. The fraction of sp³-hybridized carbons (Fsp3) is 0.429. The summed E-state index contributed by atoms with van der Waals surface area (Å²) in [5.74, 6) is -0.0610. The van der Waals surface area contributed by atoms with Crippen molar-refractivity contribution in [3.8, 4) is 0 Å². The monoisotopic (exact) mass is 166 g/mol. The lowest BCUT2D eigenvalue weighted by Crippen LogP contribution is -2.32. The molecule has 0 spiro atoms. The Morgan fingerprint density at radius 3 is 2.92 bits per heavy atom. The van der Waals surface area contributed by atoms with E-state index in [-0.39, 0.29) is 17.6 Å². The Hall–Kier alpha value is -1.52. The number of guanidine groups is 1. The average molecular weight is 166 g/mol. The molecule has 0 radical (unpaired) electrons. The van der Waals surface area contributed by atoms with Gasteiger partial charge in [-0.3, -0.25) is 10.1 Å². The Bertz CT molecular complexity index is 267. The van der Waals surface area contributed by atoms with E-state index in [4.69, 9.17) is 0 Å². The smallest absolute Gasteiger partial charge is 0.277 e. The van der Waals surface area contributed by atoms with E-state index in [0.717, 1.165) is 6.42 Å². The van der Waals surface area contributed by atoms with Crippen molar-refractivity contribution >= 4 is 11.9 Å². The number of carbonyl (C=O) groups excluding carboxylic acids is 1. The zero-order chi connectivity index (χ0) is 8.97. The first kappa shape index (κ1) is 8.58. The van der Waals surface area contributed by atoms with Gasteiger partial charge in [0.15, 0.2) is 0 Å². The van der Waals surface area contributed by atoms with Crippen LogP contribution in [-0.4, -0.2) is 18.4 Å². The van der Waals surface area contributed by atoms with Crippen molar-refractivity contribution in [1.29, 1.82) is 0 Å². The van der Waals surface area contributed by atoms with Gasteiger partial charge in [0, 0.05) is 6.54 Å². The van der Waals surface area contributed by atoms with Crippen LogP contribution in [0.25, 0.3) is 0 Å². The van der Waals surface area contributed by atoms with Gasteiger partial charge in [0.2, 0.25) is 5.96 Å². The summed E-state index contributed by atoms with van der Waals surface area (Å²) in [6, 6.07) is 0. The summed E-state index contributed by atoms with van der Waals surface area (Å²) in [5, 5.41) is 9.63. The van der Waals surface area contributed by atoms with E-state index in [1.165, 1.54) is 0 Å². The van der Waals surface area contributed by atoms with E-state index in [0.29, 0.717) is 6.54 Å². The van der Waals surface area contributed by atoms with Gasteiger partial charge in [0.05, 0.1) is 0 Å². The van der Waals surface area contributed by atoms with E-state index < -0.39 is 0 Å². The maximum absolute atomic E-state index is 10.9. The second-order valence-corrected chi connectivity index (χ2v) is 2.31. The molecule has 12 heavy (non-hydrogen) atoms. The minimum atomic E-state index is -0.333. The first-order valence-electron chi connectivity index (χ1n) is 3.70. The van der Waals surface area contributed by atoms with Gasteiger partial charge in [-0.25, -0.2) is 4.99 Å². The molecule has 64 valence electrons. The number of amides is 1. The number of nitrogens with zero attached hydrogens (tertiary/aromatic N) is 3. The lowest BCUT2D eigenvalue weighted by molar-refractivity contribution is -0.116. The van der Waals surface area contributed by atoms with Crippen LogP contribution >= 0.6 is 0 Å². The van der Waals surface area contributed by atoms with Crippen LogP contribution in [0.2, 0.25) is 0 Å². The van der Waals surface area contributed by atoms with Crippen LogP contribution in [-0.2, 0) is 4.79 Å². The minimum absolute atomic E-state index is 0.116. The maximum atomic E-state index is 10.9. The predicted molar refractivity (Wildman–Crippen MR) is 44.7 cm³/mol. The molecule has 1 aliphatic heterocycles. The molecule has 1 heterocycles. The zero-order valence-electron chi connectivity index (χ0n) is 6.87. The number of hydrogen-bond donors (Lipinski definition) is 1. The van der Waals surface area contributed by atoms with Crippen LogP contribution in [0.5, 0.6) is 0 Å². The number of nitrogens with one attached hydrogen (secondary N) is 1. The third-order valence-electron chi connectivity index (χ3n) is 1.24. The van der Waals surface area contributed by atoms with E-state index in [1.54, 1.807) is 0 Å². The summed E-state index contributed by atoms with van der Waals surface area (Å²) >= 11 is 0. The molecular weight excluding hydrogens is 156 g/mol. The zero-order valence-corrected chi connectivity index (χ0v) is 6.87. The van der Waals surface area contributed by atoms with E-state index in [1.807, 2.05) is 6.92 Å². The molecule has 1 rings (SSSR count). The normalized spacial score (nSPS) is 19.9. The van der Waals surface area contributed by atoms with Gasteiger partial charge in [-0.05, 0) is 6.42 Å². The number of carbonyl (C=O) groups is 1. The molecule has 0 aromatic rings. The maximum Gasteiger partial charge on any atom is 0.277 e. The molecule has 0 aromatic heterocycles. The van der Waals surface area contributed by atoms with Crippen LogP contribution in [0.1, 0.15) is 13.3 Å². The molecule has 0 saturated carbocycles. The van der Waals surface area contributed by atoms with Crippen molar-refractivity contribution in [1.82, 2.24) is 5.32 Å². The van der Waals surface area contributed by atoms with Gasteiger partial charge in [0.1, 0.15) is 5.70 Å². The molecule has 0 bridgehead atoms. The SMILES string of the molecule is C=C1N=NC(=NCCC)NC1=O. The van der Waals surface area contributed by atoms with Crippen LogP contribution in [0.3, 0.4) is 0 Å². The largest absolute Gasteiger partial charge is 0.288 e. The van der Waals surface area contributed by atoms with Gasteiger partial charge in [0.25, 0.3) is 5.91 Å². The van der Waals surface area contributed by atoms with Gasteiger partial charge in [-0.2, -0.15) is 0 Å². The van der Waals surface area contributed by atoms with E-state index >= 15 is 0 Å². The predicted octanol–water partition coefficient (Wildman–Crippen LogP) is 0.848. The number of aliphatic imine (C=N–C) groups is 1. The summed E-state index contributed by atoms with van der Waals surface area (Å²) in [5.41, 5.74) is 0.116. The third kappa shape index (κ3) is 1.98. The molecule has 0 aliphatic carbocycles. The lowest BCUT2D eigenvalue weighted by atomic mass is 10.4. The molecule has 5 heteroatoms. The van der Waals surface area contributed by atoms with Crippen LogP contribution in [0, 0.1) is 0 Å². The highest BCUT2D eigenvalue weighted by Gasteiger charge is 2.13. The Labute approximate surface area is 70.3 Å². The average Bonchev–Trinajstić information content (AvgIpc) is 2.07. The number of rotatable bonds is 2. The van der Waals surface area contributed by atoms with Gasteiger partial charge in [-0.15, -0.1) is 10.2 Å². The van der Waals surface area contributed by atoms with Crippen molar-refractivity contribution in [3.05, 3.63) is 12.3 Å². The third-order valence-corrected chi connectivity index (χ3v) is 1.24. The quantitative estimate of drug-likeness (QED) is 0.607. The van der Waals surface area contributed by atoms with Crippen molar-refractivity contribution < 1.29 is 4.79 Å². The highest BCUT2D eigenvalue weighted by molar-refractivity contribution is 6.06. The van der Waals surface area contributed by atoms with Crippen molar-refractivity contribution in [3.63, 3.8) is 0 Å². The molecule has 0 atom stereocenters. The second-order valence-electron chi connectivity index (χ2n) is 2.31. The Morgan fingerprint density at radius 2 is 2.33 bits per heavy atom. The Balaban J connectivity index is 2.67. The Kier molecular flexibility index (Phi) is 2.68. The molecule has 0 aromatic carbocycles. The van der Waals surface area contributed by atoms with Crippen molar-refractivity contribution in [2.24, 2.45) is 15.2 Å². The molecule has 0 saturated heterocycles. The molecule has 1 N–H and O–H groups in total. The summed E-state index contributed by atoms with van der Waals surface area (Å²) in [6.45, 7) is 6.01. The van der Waals surface area contributed by atoms with Crippen molar-refractivity contribution in [2.75, 3.05) is 6.54 Å². The van der Waals surface area contributed by atoms with Gasteiger partial charge < -0.3 is 0 Å². The van der Waals surface area contributed by atoms with Gasteiger partial charge in [-0.1, -0.05) is 13.5 Å². The molecular formula is C7H10N4O. The molecule has 1 aliphatic rings. The first-order chi connectivity index (χ1) is 5.74. The fourth-order valence-electron chi connectivity index (χ4n) is 0.641. The van der Waals surface area contributed by atoms with Crippen molar-refractivity contribution in [2.45, 2.75) is 13.3 Å². The van der Waals surface area contributed by atoms with Gasteiger partial charge >= 0.3 is 0 Å². The Morgan fingerprint density at radius 1 is 1.58 bits per heavy atom. The molecule has 0 fully saturated rings. The number of hydrogen-bond acceptors (Lipinski definition) is 3. The minimum Gasteiger partial charge on any atom is -0.288 e. The molecule has 5 nitrogen and oxygen atoms in total. The second kappa shape index (κ2) is 3.75. The highest BCUT2D eigenvalue weighted by atomic mass is 16.2. The summed E-state index contributed by atoms with van der Waals surface area (Å²) in [4.78, 5) is 14.9. The molecule has 0 unspecified atom stereocenters. The summed E-state index contributed by atoms with van der Waals surface area (Å²) in [7, 11) is 0.